The maximum absolute atomic E-state index is 12.9. The number of amides is 2. The van der Waals surface area contributed by atoms with Gasteiger partial charge in [0, 0.05) is 9.75 Å². The van der Waals surface area contributed by atoms with Crippen LogP contribution in [0, 0.1) is 6.92 Å². The summed E-state index contributed by atoms with van der Waals surface area (Å²) in [4.78, 5) is 29.7. The molecule has 1 aromatic heterocycles. The summed E-state index contributed by atoms with van der Waals surface area (Å²) in [5.74, 6) is 0.489. The van der Waals surface area contributed by atoms with Crippen molar-refractivity contribution >= 4 is 28.8 Å². The third-order valence-corrected chi connectivity index (χ3v) is 6.38. The van der Waals surface area contributed by atoms with Gasteiger partial charge in [0.2, 0.25) is 11.8 Å². The minimum atomic E-state index is -0.306. The molecular weight excluding hydrogens is 386 g/mol. The molecule has 1 atom stereocenters. The number of likely N-dealkylation sites (tertiary alicyclic amines) is 1. The van der Waals surface area contributed by atoms with Crippen LogP contribution in [-0.4, -0.2) is 43.0 Å². The van der Waals surface area contributed by atoms with Crippen LogP contribution in [0.1, 0.15) is 35.1 Å². The minimum absolute atomic E-state index is 0.0516. The van der Waals surface area contributed by atoms with Gasteiger partial charge < -0.3 is 15.4 Å². The van der Waals surface area contributed by atoms with Crippen LogP contribution in [0.3, 0.4) is 0 Å². The molecule has 1 unspecified atom stereocenters. The molecule has 2 amide bonds. The molecule has 2 heterocycles. The van der Waals surface area contributed by atoms with Gasteiger partial charge in [-0.05, 0) is 62.6 Å². The van der Waals surface area contributed by atoms with E-state index in [0.717, 1.165) is 36.2 Å². The van der Waals surface area contributed by atoms with Gasteiger partial charge in [-0.1, -0.05) is 13.0 Å². The fourth-order valence-electron chi connectivity index (χ4n) is 3.58. The van der Waals surface area contributed by atoms with Gasteiger partial charge in [-0.2, -0.15) is 0 Å². The summed E-state index contributed by atoms with van der Waals surface area (Å²) in [6.45, 7) is 5.61. The van der Waals surface area contributed by atoms with E-state index in [0.29, 0.717) is 18.0 Å². The number of aryl methyl sites for hydroxylation is 2. The number of carbonyl (C=O) groups is 2. The van der Waals surface area contributed by atoms with E-state index in [-0.39, 0.29) is 24.4 Å². The molecule has 2 aromatic rings. The Bertz CT molecular complexity index is 865. The molecule has 3 rings (SSSR count). The molecule has 0 aliphatic carbocycles. The summed E-state index contributed by atoms with van der Waals surface area (Å²) < 4.78 is 5.35. The van der Waals surface area contributed by atoms with Crippen molar-refractivity contribution in [1.82, 2.24) is 10.2 Å². The normalized spacial score (nSPS) is 16.6. The first-order chi connectivity index (χ1) is 14.0. The number of nitrogens with zero attached hydrogens (tertiary/aromatic N) is 1. The van der Waals surface area contributed by atoms with E-state index < -0.39 is 0 Å². The number of thiophene rings is 1. The highest BCUT2D eigenvalue weighted by Gasteiger charge is 2.32. The van der Waals surface area contributed by atoms with Gasteiger partial charge in [0.1, 0.15) is 5.75 Å². The molecule has 2 N–H and O–H groups in total. The molecule has 1 saturated heterocycles. The third-order valence-electron chi connectivity index (χ3n) is 5.15. The summed E-state index contributed by atoms with van der Waals surface area (Å²) in [6.07, 6.45) is 2.66. The summed E-state index contributed by atoms with van der Waals surface area (Å²) in [7, 11) is 1.59. The second-order valence-electron chi connectivity index (χ2n) is 7.32. The first-order valence-electron chi connectivity index (χ1n) is 10.0. The van der Waals surface area contributed by atoms with Gasteiger partial charge >= 0.3 is 0 Å². The Hall–Kier alpha value is -2.38. The number of benzene rings is 1. The van der Waals surface area contributed by atoms with E-state index >= 15 is 0 Å². The average molecular weight is 416 g/mol. The third kappa shape index (κ3) is 5.58. The minimum Gasteiger partial charge on any atom is -0.495 e. The molecular formula is C22H29N3O3S. The SMILES string of the molecule is CCc1ccc(CNC(=O)CN2CCCC2C(=O)Nc2cc(C)ccc2OC)s1. The predicted octanol–water partition coefficient (Wildman–Crippen LogP) is 3.35. The summed E-state index contributed by atoms with van der Waals surface area (Å²) in [5, 5.41) is 5.96. The number of anilines is 1. The van der Waals surface area contributed by atoms with Crippen molar-refractivity contribution in [2.75, 3.05) is 25.5 Å². The molecule has 1 aliphatic rings. The molecule has 156 valence electrons. The highest BCUT2D eigenvalue weighted by Crippen LogP contribution is 2.27. The zero-order chi connectivity index (χ0) is 20.8. The topological polar surface area (TPSA) is 70.7 Å². The van der Waals surface area contributed by atoms with E-state index in [1.165, 1.54) is 4.88 Å². The van der Waals surface area contributed by atoms with Crippen molar-refractivity contribution in [2.45, 2.75) is 45.7 Å². The molecule has 6 nitrogen and oxygen atoms in total. The number of nitrogens with one attached hydrogen (secondary N) is 2. The number of rotatable bonds is 8. The standard InChI is InChI=1S/C22H29N3O3S/c1-4-16-8-9-17(29-16)13-23-21(26)14-25-11-5-6-19(25)22(27)24-18-12-15(2)7-10-20(18)28-3/h7-10,12,19H,4-6,11,13-14H2,1-3H3,(H,23,26)(H,24,27). The number of ether oxygens (including phenoxy) is 1. The van der Waals surface area contributed by atoms with E-state index in [9.17, 15) is 9.59 Å². The number of carbonyl (C=O) groups excluding carboxylic acids is 2. The van der Waals surface area contributed by atoms with Gasteiger partial charge in [0.05, 0.1) is 31.9 Å². The fourth-order valence-corrected chi connectivity index (χ4v) is 4.48. The van der Waals surface area contributed by atoms with Gasteiger partial charge in [-0.3, -0.25) is 14.5 Å². The molecule has 1 aliphatic heterocycles. The van der Waals surface area contributed by atoms with E-state index in [1.807, 2.05) is 30.0 Å². The van der Waals surface area contributed by atoms with Gasteiger partial charge in [0.15, 0.2) is 0 Å². The molecule has 0 bridgehead atoms. The predicted molar refractivity (Wildman–Crippen MR) is 116 cm³/mol. The highest BCUT2D eigenvalue weighted by molar-refractivity contribution is 7.11. The number of hydrogen-bond acceptors (Lipinski definition) is 5. The largest absolute Gasteiger partial charge is 0.495 e. The van der Waals surface area contributed by atoms with Crippen LogP contribution in [0.15, 0.2) is 30.3 Å². The van der Waals surface area contributed by atoms with Crippen molar-refractivity contribution in [3.05, 3.63) is 45.6 Å². The molecule has 1 aromatic carbocycles. The number of methoxy groups -OCH3 is 1. The Labute approximate surface area is 176 Å². The molecule has 0 radical (unpaired) electrons. The first-order valence-corrected chi connectivity index (χ1v) is 10.9. The van der Waals surface area contributed by atoms with Crippen molar-refractivity contribution in [2.24, 2.45) is 0 Å². The quantitative estimate of drug-likeness (QED) is 0.694. The van der Waals surface area contributed by atoms with Crippen LogP contribution >= 0.6 is 11.3 Å². The molecule has 0 saturated carbocycles. The van der Waals surface area contributed by atoms with E-state index in [1.54, 1.807) is 18.4 Å². The first kappa shape index (κ1) is 21.3. The van der Waals surface area contributed by atoms with Crippen molar-refractivity contribution < 1.29 is 14.3 Å². The molecule has 1 fully saturated rings. The second-order valence-corrected chi connectivity index (χ2v) is 8.57. The van der Waals surface area contributed by atoms with Gasteiger partial charge in [-0.25, -0.2) is 0 Å². The van der Waals surface area contributed by atoms with Gasteiger partial charge in [0.25, 0.3) is 0 Å². The lowest BCUT2D eigenvalue weighted by Gasteiger charge is -2.23. The Balaban J connectivity index is 1.55. The van der Waals surface area contributed by atoms with Crippen molar-refractivity contribution in [3.8, 4) is 5.75 Å². The van der Waals surface area contributed by atoms with Gasteiger partial charge in [-0.15, -0.1) is 11.3 Å². The van der Waals surface area contributed by atoms with Crippen LogP contribution in [-0.2, 0) is 22.6 Å². The Morgan fingerprint density at radius 3 is 2.76 bits per heavy atom. The number of hydrogen-bond donors (Lipinski definition) is 2. The second kappa shape index (κ2) is 9.89. The lowest BCUT2D eigenvalue weighted by atomic mass is 10.1. The van der Waals surface area contributed by atoms with E-state index in [4.69, 9.17) is 4.74 Å². The van der Waals surface area contributed by atoms with Crippen molar-refractivity contribution in [1.29, 1.82) is 0 Å². The van der Waals surface area contributed by atoms with Crippen LogP contribution in [0.25, 0.3) is 0 Å². The summed E-state index contributed by atoms with van der Waals surface area (Å²) >= 11 is 1.72. The average Bonchev–Trinajstić information content (AvgIpc) is 3.35. The zero-order valence-corrected chi connectivity index (χ0v) is 18.1. The Morgan fingerprint density at radius 1 is 1.24 bits per heavy atom. The summed E-state index contributed by atoms with van der Waals surface area (Å²) in [6, 6.07) is 9.54. The van der Waals surface area contributed by atoms with Crippen LogP contribution < -0.4 is 15.4 Å². The monoisotopic (exact) mass is 415 g/mol. The van der Waals surface area contributed by atoms with Crippen LogP contribution in [0.5, 0.6) is 5.75 Å². The molecule has 29 heavy (non-hydrogen) atoms. The lowest BCUT2D eigenvalue weighted by Crippen LogP contribution is -2.44. The zero-order valence-electron chi connectivity index (χ0n) is 17.3. The molecule has 7 heteroatoms. The summed E-state index contributed by atoms with van der Waals surface area (Å²) in [5.41, 5.74) is 1.71. The molecule has 0 spiro atoms. The van der Waals surface area contributed by atoms with Crippen LogP contribution in [0.2, 0.25) is 0 Å². The maximum Gasteiger partial charge on any atom is 0.241 e. The fraction of sp³-hybridized carbons (Fsp3) is 0.455. The van der Waals surface area contributed by atoms with Crippen LogP contribution in [0.4, 0.5) is 5.69 Å². The maximum atomic E-state index is 12.9. The Kier molecular flexibility index (Phi) is 7.28. The van der Waals surface area contributed by atoms with Crippen molar-refractivity contribution in [3.63, 3.8) is 0 Å². The lowest BCUT2D eigenvalue weighted by molar-refractivity contribution is -0.125. The smallest absolute Gasteiger partial charge is 0.241 e. The highest BCUT2D eigenvalue weighted by atomic mass is 32.1. The van der Waals surface area contributed by atoms with E-state index in [2.05, 4.69) is 29.7 Å². The Morgan fingerprint density at radius 2 is 2.03 bits per heavy atom.